The van der Waals surface area contributed by atoms with Gasteiger partial charge in [0.25, 0.3) is 0 Å². The van der Waals surface area contributed by atoms with Gasteiger partial charge in [-0.15, -0.1) is 0 Å². The highest BCUT2D eigenvalue weighted by Crippen LogP contribution is 2.58. The maximum atomic E-state index is 13.7. The second-order valence-electron chi connectivity index (χ2n) is 5.99. The fraction of sp³-hybridized carbons (Fsp3) is 0.562. The Hall–Kier alpha value is -2.12. The summed E-state index contributed by atoms with van der Waals surface area (Å²) in [6.07, 6.45) is -12.7. The predicted octanol–water partition coefficient (Wildman–Crippen LogP) is 5.39. The number of benzene rings is 1. The molecule has 0 aromatic heterocycles. The molecule has 1 N–H and O–H groups in total. The molecule has 1 aromatic rings. The molecule has 0 heterocycles. The molecule has 0 aliphatic heterocycles. The van der Waals surface area contributed by atoms with Gasteiger partial charge in [0, 0.05) is 6.42 Å². The highest BCUT2D eigenvalue weighted by atomic mass is 19.4. The third-order valence-electron chi connectivity index (χ3n) is 3.84. The van der Waals surface area contributed by atoms with Crippen molar-refractivity contribution in [2.45, 2.75) is 49.3 Å². The molecule has 3 nitrogen and oxygen atoms in total. The van der Waals surface area contributed by atoms with Crippen molar-refractivity contribution < 1.29 is 62.9 Å². The SMILES string of the molecule is CCOC(=O)c1cccc(C(O)CC(F)(F)C(F)(F)C(F)(F)C(F)(F)C(F)(F)F)c1. The molecule has 0 radical (unpaired) electrons. The van der Waals surface area contributed by atoms with Crippen LogP contribution in [0.15, 0.2) is 24.3 Å². The van der Waals surface area contributed by atoms with Crippen LogP contribution in [0.5, 0.6) is 0 Å². The van der Waals surface area contributed by atoms with Crippen molar-refractivity contribution in [1.29, 1.82) is 0 Å². The van der Waals surface area contributed by atoms with Gasteiger partial charge in [-0.2, -0.15) is 48.3 Å². The molecular formula is C16H13F11O3. The molecule has 0 spiro atoms. The molecular weight excluding hydrogens is 449 g/mol. The quantitative estimate of drug-likeness (QED) is 0.417. The van der Waals surface area contributed by atoms with E-state index in [1.54, 1.807) is 0 Å². The standard InChI is InChI=1S/C16H13F11O3/c1-2-30-11(29)9-5-3-4-8(6-9)10(28)7-12(17,18)13(19,20)14(21,22)15(23,24)16(25,26)27/h3-6,10,28H,2,7H2,1H3. The highest BCUT2D eigenvalue weighted by Gasteiger charge is 2.87. The van der Waals surface area contributed by atoms with E-state index in [4.69, 9.17) is 0 Å². The number of rotatable bonds is 8. The number of carbonyl (C=O) groups is 1. The molecule has 0 fully saturated rings. The lowest BCUT2D eigenvalue weighted by Crippen LogP contribution is -2.66. The zero-order valence-corrected chi connectivity index (χ0v) is 14.7. The van der Waals surface area contributed by atoms with Gasteiger partial charge in [-0.05, 0) is 24.6 Å². The minimum atomic E-state index is -7.55. The Balaban J connectivity index is 3.23. The largest absolute Gasteiger partial charge is 0.462 e. The Morgan fingerprint density at radius 1 is 0.933 bits per heavy atom. The third-order valence-corrected chi connectivity index (χ3v) is 3.84. The minimum absolute atomic E-state index is 0.127. The van der Waals surface area contributed by atoms with Crippen LogP contribution >= 0.6 is 0 Å². The average molecular weight is 462 g/mol. The van der Waals surface area contributed by atoms with E-state index >= 15 is 0 Å². The summed E-state index contributed by atoms with van der Waals surface area (Å²) < 4.78 is 147. The van der Waals surface area contributed by atoms with Gasteiger partial charge in [0.15, 0.2) is 0 Å². The van der Waals surface area contributed by atoms with E-state index in [0.717, 1.165) is 18.2 Å². The van der Waals surface area contributed by atoms with Gasteiger partial charge in [-0.25, -0.2) is 4.79 Å². The van der Waals surface area contributed by atoms with E-state index in [-0.39, 0.29) is 12.2 Å². The predicted molar refractivity (Wildman–Crippen MR) is 77.8 cm³/mol. The molecule has 0 amide bonds. The molecule has 1 aromatic carbocycles. The monoisotopic (exact) mass is 462 g/mol. The number of hydrogen-bond donors (Lipinski definition) is 1. The summed E-state index contributed by atoms with van der Waals surface area (Å²) in [5, 5.41) is 9.66. The van der Waals surface area contributed by atoms with Crippen LogP contribution in [-0.2, 0) is 4.74 Å². The van der Waals surface area contributed by atoms with Crippen molar-refractivity contribution in [3.8, 4) is 0 Å². The number of aliphatic hydroxyl groups is 1. The van der Waals surface area contributed by atoms with Crippen LogP contribution in [0.2, 0.25) is 0 Å². The Morgan fingerprint density at radius 3 is 1.93 bits per heavy atom. The van der Waals surface area contributed by atoms with Gasteiger partial charge in [0.05, 0.1) is 18.3 Å². The number of aliphatic hydroxyl groups excluding tert-OH is 1. The molecule has 0 aliphatic rings. The summed E-state index contributed by atoms with van der Waals surface area (Å²) in [6.45, 7) is 1.27. The molecule has 0 saturated heterocycles. The number of ether oxygens (including phenoxy) is 1. The Bertz CT molecular complexity index is 759. The lowest BCUT2D eigenvalue weighted by atomic mass is 9.92. The summed E-state index contributed by atoms with van der Waals surface area (Å²) in [4.78, 5) is 11.5. The number of alkyl halides is 11. The number of carbonyl (C=O) groups excluding carboxylic acids is 1. The van der Waals surface area contributed by atoms with Crippen molar-refractivity contribution >= 4 is 5.97 Å². The summed E-state index contributed by atoms with van der Waals surface area (Å²) in [7, 11) is 0. The van der Waals surface area contributed by atoms with E-state index in [1.165, 1.54) is 6.92 Å². The Kier molecular flexibility index (Phi) is 7.08. The van der Waals surface area contributed by atoms with E-state index in [9.17, 15) is 58.2 Å². The van der Waals surface area contributed by atoms with Crippen LogP contribution in [0, 0.1) is 0 Å². The van der Waals surface area contributed by atoms with Crippen LogP contribution in [0.1, 0.15) is 35.4 Å². The first-order chi connectivity index (χ1) is 13.3. The molecule has 1 unspecified atom stereocenters. The van der Waals surface area contributed by atoms with Crippen molar-refractivity contribution in [1.82, 2.24) is 0 Å². The van der Waals surface area contributed by atoms with Crippen LogP contribution in [-0.4, -0.2) is 47.5 Å². The lowest BCUT2D eigenvalue weighted by Gasteiger charge is -2.37. The highest BCUT2D eigenvalue weighted by molar-refractivity contribution is 5.89. The first-order valence-corrected chi connectivity index (χ1v) is 7.86. The van der Waals surface area contributed by atoms with E-state index in [1.807, 2.05) is 0 Å². The molecule has 14 heteroatoms. The molecule has 0 bridgehead atoms. The summed E-state index contributed by atoms with van der Waals surface area (Å²) in [5.41, 5.74) is -1.07. The number of halogens is 11. The average Bonchev–Trinajstić information content (AvgIpc) is 2.60. The van der Waals surface area contributed by atoms with Gasteiger partial charge in [0.2, 0.25) is 0 Å². The van der Waals surface area contributed by atoms with Crippen LogP contribution < -0.4 is 0 Å². The molecule has 30 heavy (non-hydrogen) atoms. The van der Waals surface area contributed by atoms with Crippen molar-refractivity contribution in [2.24, 2.45) is 0 Å². The topological polar surface area (TPSA) is 46.5 Å². The van der Waals surface area contributed by atoms with Gasteiger partial charge in [0.1, 0.15) is 0 Å². The normalized spacial score (nSPS) is 15.1. The number of esters is 1. The second kappa shape index (κ2) is 8.19. The van der Waals surface area contributed by atoms with Crippen LogP contribution in [0.25, 0.3) is 0 Å². The van der Waals surface area contributed by atoms with Crippen molar-refractivity contribution in [3.63, 3.8) is 0 Å². The summed E-state index contributed by atoms with van der Waals surface area (Å²) >= 11 is 0. The maximum absolute atomic E-state index is 13.7. The summed E-state index contributed by atoms with van der Waals surface area (Å²) in [6, 6.07) is 3.48. The van der Waals surface area contributed by atoms with Crippen molar-refractivity contribution in [2.75, 3.05) is 6.61 Å². The Labute approximate surface area is 161 Å². The molecule has 172 valence electrons. The smallest absolute Gasteiger partial charge is 0.460 e. The third kappa shape index (κ3) is 4.47. The molecule has 1 rings (SSSR count). The minimum Gasteiger partial charge on any atom is -0.462 e. The van der Waals surface area contributed by atoms with E-state index < -0.39 is 53.9 Å². The first kappa shape index (κ1) is 25.9. The fourth-order valence-corrected chi connectivity index (χ4v) is 2.18. The van der Waals surface area contributed by atoms with Gasteiger partial charge in [-0.3, -0.25) is 0 Å². The summed E-state index contributed by atoms with van der Waals surface area (Å²) in [5.74, 6) is -29.5. The fourth-order valence-electron chi connectivity index (χ4n) is 2.18. The van der Waals surface area contributed by atoms with Gasteiger partial charge >= 0.3 is 35.8 Å². The molecule has 0 aliphatic carbocycles. The van der Waals surface area contributed by atoms with Crippen LogP contribution in [0.3, 0.4) is 0 Å². The lowest BCUT2D eigenvalue weighted by molar-refractivity contribution is -0.423. The Morgan fingerprint density at radius 2 is 1.47 bits per heavy atom. The van der Waals surface area contributed by atoms with Gasteiger partial charge in [-0.1, -0.05) is 12.1 Å². The zero-order valence-electron chi connectivity index (χ0n) is 14.7. The molecule has 0 saturated carbocycles. The number of hydrogen-bond acceptors (Lipinski definition) is 3. The zero-order chi connectivity index (χ0) is 23.8. The van der Waals surface area contributed by atoms with Crippen molar-refractivity contribution in [3.05, 3.63) is 35.4 Å². The maximum Gasteiger partial charge on any atom is 0.460 e. The second-order valence-corrected chi connectivity index (χ2v) is 5.99. The van der Waals surface area contributed by atoms with E-state index in [0.29, 0.717) is 6.07 Å². The van der Waals surface area contributed by atoms with E-state index in [2.05, 4.69) is 4.74 Å². The molecule has 1 atom stereocenters. The van der Waals surface area contributed by atoms with Crippen LogP contribution in [0.4, 0.5) is 48.3 Å². The van der Waals surface area contributed by atoms with Gasteiger partial charge < -0.3 is 9.84 Å². The first-order valence-electron chi connectivity index (χ1n) is 7.86.